The van der Waals surface area contributed by atoms with Gasteiger partial charge in [-0.3, -0.25) is 19.2 Å². The first-order valence-electron chi connectivity index (χ1n) is 17.3. The Kier molecular flexibility index (Phi) is 16.1. The van der Waals surface area contributed by atoms with Crippen LogP contribution in [0.5, 0.6) is 5.75 Å². The van der Waals surface area contributed by atoms with Crippen LogP contribution in [0, 0.1) is 11.3 Å². The lowest BCUT2D eigenvalue weighted by Crippen LogP contribution is -2.61. The van der Waals surface area contributed by atoms with E-state index in [1.807, 2.05) is 20.8 Å². The summed E-state index contributed by atoms with van der Waals surface area (Å²) in [5.41, 5.74) is 4.42. The van der Waals surface area contributed by atoms with Crippen LogP contribution in [0.25, 0.3) is 0 Å². The maximum atomic E-state index is 14.3. The monoisotopic (exact) mass is 709 g/mol. The highest BCUT2D eigenvalue weighted by molar-refractivity contribution is 6.38. The van der Waals surface area contributed by atoms with E-state index in [4.69, 9.17) is 9.47 Å². The lowest BCUT2D eigenvalue weighted by molar-refractivity contribution is -0.148. The predicted molar refractivity (Wildman–Crippen MR) is 193 cm³/mol. The first-order chi connectivity index (χ1) is 23.9. The molecule has 0 saturated carbocycles. The number of methoxy groups -OCH3 is 1. The van der Waals surface area contributed by atoms with Crippen LogP contribution in [0.3, 0.4) is 0 Å². The molecule has 1 heterocycles. The van der Waals surface area contributed by atoms with Crippen molar-refractivity contribution < 1.29 is 38.2 Å². The topological polar surface area (TPSA) is 172 Å². The minimum absolute atomic E-state index is 0.0113. The van der Waals surface area contributed by atoms with E-state index in [9.17, 15) is 28.8 Å². The SMILES string of the molecule is C=CCNC(=O)C(=O)C(CCC)NC(=O)[C@@H]1C(=C=C(C)C)CCN1C(=O)[C@@H](NC(=O)N[C@H](C(=O)OCc1ccc(OC)cc1)C(C)C)C(C)(C)C. The summed E-state index contributed by atoms with van der Waals surface area (Å²) in [7, 11) is 1.55. The second-order valence-electron chi connectivity index (χ2n) is 14.1. The Morgan fingerprint density at radius 1 is 1.04 bits per heavy atom. The standard InChI is InChI=1S/C38H55N5O8/c1-11-13-28(31(44)34(46)39-19-12-2)40-33(45)30-26(21-23(3)4)18-20-43(30)35(47)32(38(7,8)9)42-37(49)41-29(24(5)6)36(48)51-22-25-14-16-27(50-10)17-15-25/h12,14-17,24,28-30,32H,2,11,13,18-20,22H2,1,3-10H3,(H,39,46)(H,40,45)(H2,41,42,49)/t28?,29-,30-,32+/m0/s1. The maximum Gasteiger partial charge on any atom is 0.329 e. The van der Waals surface area contributed by atoms with Gasteiger partial charge >= 0.3 is 12.0 Å². The molecule has 1 aliphatic heterocycles. The molecule has 1 fully saturated rings. The number of esters is 1. The van der Waals surface area contributed by atoms with Crippen molar-refractivity contribution in [2.75, 3.05) is 20.2 Å². The molecule has 13 heteroatoms. The molecule has 1 aromatic carbocycles. The highest BCUT2D eigenvalue weighted by Crippen LogP contribution is 2.29. The predicted octanol–water partition coefficient (Wildman–Crippen LogP) is 3.73. The number of nitrogens with zero attached hydrogens (tertiary/aromatic N) is 1. The number of benzene rings is 1. The van der Waals surface area contributed by atoms with Crippen LogP contribution in [0.2, 0.25) is 0 Å². The minimum atomic E-state index is -1.14. The van der Waals surface area contributed by atoms with Gasteiger partial charge in [0.05, 0.1) is 13.2 Å². The average molecular weight is 710 g/mol. The van der Waals surface area contributed by atoms with Crippen LogP contribution in [-0.2, 0) is 35.3 Å². The van der Waals surface area contributed by atoms with Gasteiger partial charge < -0.3 is 35.6 Å². The minimum Gasteiger partial charge on any atom is -0.497 e. The fraction of sp³-hybridized carbons (Fsp3) is 0.553. The van der Waals surface area contributed by atoms with Crippen LogP contribution >= 0.6 is 0 Å². The van der Waals surface area contributed by atoms with Gasteiger partial charge in [0.1, 0.15) is 30.5 Å². The molecular formula is C38H55N5O8. The van der Waals surface area contributed by atoms with Gasteiger partial charge in [0.15, 0.2) is 0 Å². The number of nitrogens with one attached hydrogen (secondary N) is 4. The number of hydrogen-bond donors (Lipinski definition) is 4. The molecule has 4 N–H and O–H groups in total. The number of hydrogen-bond acceptors (Lipinski definition) is 8. The summed E-state index contributed by atoms with van der Waals surface area (Å²) in [6.07, 6.45) is 2.49. The smallest absolute Gasteiger partial charge is 0.329 e. The number of ketones is 1. The van der Waals surface area contributed by atoms with Crippen LogP contribution in [-0.4, -0.2) is 84.8 Å². The third kappa shape index (κ3) is 12.4. The van der Waals surface area contributed by atoms with E-state index in [2.05, 4.69) is 33.6 Å². The second-order valence-corrected chi connectivity index (χ2v) is 14.1. The molecule has 2 rings (SSSR count). The first kappa shape index (κ1) is 42.3. The first-order valence-corrected chi connectivity index (χ1v) is 17.3. The zero-order chi connectivity index (χ0) is 38.5. The van der Waals surface area contributed by atoms with Crippen LogP contribution in [0.4, 0.5) is 4.79 Å². The molecule has 1 unspecified atom stereocenters. The van der Waals surface area contributed by atoms with Gasteiger partial charge in [0.25, 0.3) is 5.91 Å². The van der Waals surface area contributed by atoms with Gasteiger partial charge in [-0.1, -0.05) is 66.2 Å². The Bertz CT molecular complexity index is 1500. The highest BCUT2D eigenvalue weighted by atomic mass is 16.5. The summed E-state index contributed by atoms with van der Waals surface area (Å²) in [6.45, 7) is 18.1. The van der Waals surface area contributed by atoms with Crippen molar-refractivity contribution in [2.45, 2.75) is 105 Å². The molecule has 5 amide bonds. The molecule has 51 heavy (non-hydrogen) atoms. The van der Waals surface area contributed by atoms with Crippen molar-refractivity contribution in [3.05, 3.63) is 59.4 Å². The van der Waals surface area contributed by atoms with E-state index in [-0.39, 0.29) is 32.0 Å². The summed E-state index contributed by atoms with van der Waals surface area (Å²) < 4.78 is 10.7. The molecule has 0 aromatic heterocycles. The van der Waals surface area contributed by atoms with Gasteiger partial charge in [0, 0.05) is 18.7 Å². The molecule has 13 nitrogen and oxygen atoms in total. The van der Waals surface area contributed by atoms with Crippen LogP contribution in [0.15, 0.2) is 53.8 Å². The number of ether oxygens (including phenoxy) is 2. The molecule has 280 valence electrons. The molecule has 0 bridgehead atoms. The largest absolute Gasteiger partial charge is 0.497 e. The highest BCUT2D eigenvalue weighted by Gasteiger charge is 2.45. The third-order valence-corrected chi connectivity index (χ3v) is 8.18. The Morgan fingerprint density at radius 2 is 1.69 bits per heavy atom. The molecule has 0 spiro atoms. The van der Waals surface area contributed by atoms with Crippen molar-refractivity contribution >= 4 is 35.5 Å². The van der Waals surface area contributed by atoms with E-state index >= 15 is 0 Å². The van der Waals surface area contributed by atoms with Crippen molar-refractivity contribution in [3.63, 3.8) is 0 Å². The van der Waals surface area contributed by atoms with E-state index in [1.165, 1.54) is 11.0 Å². The number of carbonyl (C=O) groups is 6. The molecule has 1 aromatic rings. The van der Waals surface area contributed by atoms with E-state index in [0.29, 0.717) is 24.2 Å². The molecule has 0 radical (unpaired) electrons. The van der Waals surface area contributed by atoms with E-state index in [1.54, 1.807) is 66.0 Å². The number of carbonyl (C=O) groups excluding carboxylic acids is 6. The average Bonchev–Trinajstić information content (AvgIpc) is 3.49. The quantitative estimate of drug-likeness (QED) is 0.0871. The van der Waals surface area contributed by atoms with Gasteiger partial charge in [-0.25, -0.2) is 9.59 Å². The normalized spacial score (nSPS) is 15.8. The molecule has 1 aliphatic rings. The summed E-state index contributed by atoms with van der Waals surface area (Å²) in [5, 5.41) is 10.6. The van der Waals surface area contributed by atoms with Gasteiger partial charge in [-0.05, 0) is 61.3 Å². The fourth-order valence-electron chi connectivity index (χ4n) is 5.49. The molecular weight excluding hydrogens is 654 g/mol. The fourth-order valence-corrected chi connectivity index (χ4v) is 5.49. The zero-order valence-corrected chi connectivity index (χ0v) is 31.4. The Labute approximate surface area is 301 Å². The number of urea groups is 1. The van der Waals surface area contributed by atoms with E-state index < -0.39 is 65.1 Å². The third-order valence-electron chi connectivity index (χ3n) is 8.18. The van der Waals surface area contributed by atoms with Crippen LogP contribution in [0.1, 0.15) is 80.2 Å². The number of rotatable bonds is 16. The molecule has 0 aliphatic carbocycles. The lowest BCUT2D eigenvalue weighted by Gasteiger charge is -2.36. The number of amides is 5. The zero-order valence-electron chi connectivity index (χ0n) is 31.4. The van der Waals surface area contributed by atoms with Gasteiger partial charge in [-0.15, -0.1) is 12.3 Å². The molecule has 4 atom stereocenters. The lowest BCUT2D eigenvalue weighted by atomic mass is 9.85. The van der Waals surface area contributed by atoms with Gasteiger partial charge in [0.2, 0.25) is 17.6 Å². The Morgan fingerprint density at radius 3 is 2.22 bits per heavy atom. The van der Waals surface area contributed by atoms with E-state index in [0.717, 1.165) is 11.1 Å². The van der Waals surface area contributed by atoms with Gasteiger partial charge in [-0.2, -0.15) is 0 Å². The van der Waals surface area contributed by atoms with Crippen LogP contribution < -0.4 is 26.0 Å². The number of likely N-dealkylation sites (tertiary alicyclic amines) is 1. The van der Waals surface area contributed by atoms with Crippen molar-refractivity contribution in [1.82, 2.24) is 26.2 Å². The summed E-state index contributed by atoms with van der Waals surface area (Å²) in [4.78, 5) is 81.6. The number of Topliss-reactive ketones (excluding diaryl/α,β-unsaturated/α-hetero) is 1. The maximum absolute atomic E-state index is 14.3. The van der Waals surface area contributed by atoms with Crippen molar-refractivity contribution in [2.24, 2.45) is 11.3 Å². The second kappa shape index (κ2) is 19.5. The summed E-state index contributed by atoms with van der Waals surface area (Å²) in [5.74, 6) is -3.14. The Balaban J connectivity index is 2.31. The Hall–Kier alpha value is -4.90. The summed E-state index contributed by atoms with van der Waals surface area (Å²) in [6, 6.07) is 1.87. The van der Waals surface area contributed by atoms with Crippen molar-refractivity contribution in [1.29, 1.82) is 0 Å². The summed E-state index contributed by atoms with van der Waals surface area (Å²) >= 11 is 0. The molecule has 1 saturated heterocycles. The van der Waals surface area contributed by atoms with Crippen molar-refractivity contribution in [3.8, 4) is 5.75 Å².